The van der Waals surface area contributed by atoms with Gasteiger partial charge in [-0.25, -0.2) is 0 Å². The van der Waals surface area contributed by atoms with Gasteiger partial charge in [-0.1, -0.05) is 6.92 Å². The summed E-state index contributed by atoms with van der Waals surface area (Å²) in [4.78, 5) is 14.0. The molecule has 19 heavy (non-hydrogen) atoms. The van der Waals surface area contributed by atoms with Crippen molar-refractivity contribution < 1.29 is 14.3 Å². The van der Waals surface area contributed by atoms with E-state index in [0.717, 1.165) is 45.7 Å². The summed E-state index contributed by atoms with van der Waals surface area (Å²) in [6.07, 6.45) is 1.72. The number of likely N-dealkylation sites (N-methyl/N-ethyl adjacent to an activating group) is 2. The van der Waals surface area contributed by atoms with Crippen LogP contribution in [0, 0.1) is 0 Å². The average Bonchev–Trinajstić information content (AvgIpc) is 2.44. The van der Waals surface area contributed by atoms with Gasteiger partial charge in [0.25, 0.3) is 0 Å². The Labute approximate surface area is 117 Å². The van der Waals surface area contributed by atoms with E-state index in [9.17, 15) is 4.79 Å². The number of methoxy groups -OCH3 is 1. The maximum absolute atomic E-state index is 11.7. The van der Waals surface area contributed by atoms with Gasteiger partial charge in [-0.3, -0.25) is 4.79 Å². The zero-order valence-corrected chi connectivity index (χ0v) is 13.1. The molecular weight excluding hydrogens is 244 g/mol. The van der Waals surface area contributed by atoms with Crippen LogP contribution in [0.1, 0.15) is 33.6 Å². The third-order valence-corrected chi connectivity index (χ3v) is 3.54. The minimum atomic E-state index is -0.589. The van der Waals surface area contributed by atoms with Crippen LogP contribution in [0.25, 0.3) is 0 Å². The lowest BCUT2D eigenvalue weighted by Crippen LogP contribution is -2.48. The maximum atomic E-state index is 11.7. The van der Waals surface area contributed by atoms with E-state index in [-0.39, 0.29) is 5.97 Å². The number of esters is 1. The van der Waals surface area contributed by atoms with E-state index in [2.05, 4.69) is 17.1 Å². The summed E-state index contributed by atoms with van der Waals surface area (Å²) in [5.74, 6) is -0.202. The highest BCUT2D eigenvalue weighted by Gasteiger charge is 2.31. The fraction of sp³-hybridized carbons (Fsp3) is 0.929. The Morgan fingerprint density at radius 1 is 1.32 bits per heavy atom. The summed E-state index contributed by atoms with van der Waals surface area (Å²) < 4.78 is 10.2. The molecule has 0 amide bonds. The van der Waals surface area contributed by atoms with E-state index in [1.165, 1.54) is 7.11 Å². The normalized spacial score (nSPS) is 14.4. The van der Waals surface area contributed by atoms with Crippen LogP contribution in [0.3, 0.4) is 0 Å². The van der Waals surface area contributed by atoms with E-state index in [4.69, 9.17) is 9.47 Å². The van der Waals surface area contributed by atoms with Crippen molar-refractivity contribution in [1.29, 1.82) is 0 Å². The topological polar surface area (TPSA) is 50.8 Å². The van der Waals surface area contributed by atoms with Crippen molar-refractivity contribution in [2.45, 2.75) is 39.2 Å². The standard InChI is InChI=1S/C14H30N2O3/c1-6-16(11-12-19-7-2)10-8-9-14(3,15-4)13(17)18-5/h15H,6-12H2,1-5H3. The number of rotatable bonds is 11. The zero-order valence-electron chi connectivity index (χ0n) is 13.1. The zero-order chi connectivity index (χ0) is 14.7. The maximum Gasteiger partial charge on any atom is 0.325 e. The molecule has 0 saturated carbocycles. The van der Waals surface area contributed by atoms with Crippen molar-refractivity contribution in [3.63, 3.8) is 0 Å². The summed E-state index contributed by atoms with van der Waals surface area (Å²) in [5, 5.41) is 3.06. The van der Waals surface area contributed by atoms with Crippen LogP contribution in [-0.2, 0) is 14.3 Å². The largest absolute Gasteiger partial charge is 0.468 e. The van der Waals surface area contributed by atoms with Crippen molar-refractivity contribution in [1.82, 2.24) is 10.2 Å². The second-order valence-corrected chi connectivity index (χ2v) is 4.81. The molecule has 0 rings (SSSR count). The summed E-state index contributed by atoms with van der Waals surface area (Å²) in [6.45, 7) is 10.5. The van der Waals surface area contributed by atoms with Gasteiger partial charge in [0.15, 0.2) is 0 Å². The Balaban J connectivity index is 4.05. The van der Waals surface area contributed by atoms with Crippen LogP contribution < -0.4 is 5.32 Å². The van der Waals surface area contributed by atoms with Crippen LogP contribution in [0.5, 0.6) is 0 Å². The molecule has 5 heteroatoms. The summed E-state index contributed by atoms with van der Waals surface area (Å²) in [7, 11) is 3.22. The first kappa shape index (κ1) is 18.4. The first-order chi connectivity index (χ1) is 9.03. The molecule has 1 unspecified atom stereocenters. The van der Waals surface area contributed by atoms with Crippen molar-refractivity contribution in [3.8, 4) is 0 Å². The fourth-order valence-electron chi connectivity index (χ4n) is 1.98. The van der Waals surface area contributed by atoms with Gasteiger partial charge in [0.2, 0.25) is 0 Å². The quantitative estimate of drug-likeness (QED) is 0.454. The molecule has 0 aromatic carbocycles. The molecule has 1 N–H and O–H groups in total. The molecule has 0 fully saturated rings. The third kappa shape index (κ3) is 6.89. The van der Waals surface area contributed by atoms with Crippen molar-refractivity contribution in [3.05, 3.63) is 0 Å². The molecule has 0 aromatic rings. The Morgan fingerprint density at radius 3 is 2.47 bits per heavy atom. The minimum Gasteiger partial charge on any atom is -0.468 e. The van der Waals surface area contributed by atoms with Gasteiger partial charge in [-0.05, 0) is 46.8 Å². The second-order valence-electron chi connectivity index (χ2n) is 4.81. The molecule has 0 heterocycles. The number of hydrogen-bond donors (Lipinski definition) is 1. The van der Waals surface area contributed by atoms with Crippen LogP contribution in [0.4, 0.5) is 0 Å². The predicted octanol–water partition coefficient (Wildman–Crippen LogP) is 1.28. The number of ether oxygens (including phenoxy) is 2. The summed E-state index contributed by atoms with van der Waals surface area (Å²) in [5.41, 5.74) is -0.589. The fourth-order valence-corrected chi connectivity index (χ4v) is 1.98. The van der Waals surface area contributed by atoms with Crippen LogP contribution in [-0.4, -0.2) is 63.4 Å². The second kappa shape index (κ2) is 10.2. The highest BCUT2D eigenvalue weighted by molar-refractivity contribution is 5.80. The van der Waals surface area contributed by atoms with E-state index in [1.54, 1.807) is 7.05 Å². The number of carbonyl (C=O) groups is 1. The van der Waals surface area contributed by atoms with Crippen molar-refractivity contribution >= 4 is 5.97 Å². The molecule has 0 saturated heterocycles. The Hall–Kier alpha value is -0.650. The van der Waals surface area contributed by atoms with Gasteiger partial charge >= 0.3 is 5.97 Å². The average molecular weight is 274 g/mol. The summed E-state index contributed by atoms with van der Waals surface area (Å²) >= 11 is 0. The van der Waals surface area contributed by atoms with Crippen LogP contribution in [0.15, 0.2) is 0 Å². The molecular formula is C14H30N2O3. The molecule has 0 aliphatic carbocycles. The highest BCUT2D eigenvalue weighted by atomic mass is 16.5. The molecule has 5 nitrogen and oxygen atoms in total. The number of nitrogens with zero attached hydrogens (tertiary/aromatic N) is 1. The van der Waals surface area contributed by atoms with Gasteiger partial charge in [0, 0.05) is 13.2 Å². The lowest BCUT2D eigenvalue weighted by atomic mass is 9.96. The molecule has 114 valence electrons. The first-order valence-electron chi connectivity index (χ1n) is 7.11. The molecule has 0 bridgehead atoms. The van der Waals surface area contributed by atoms with E-state index < -0.39 is 5.54 Å². The van der Waals surface area contributed by atoms with Crippen molar-refractivity contribution in [2.75, 3.05) is 47.0 Å². The smallest absolute Gasteiger partial charge is 0.325 e. The van der Waals surface area contributed by atoms with Crippen molar-refractivity contribution in [2.24, 2.45) is 0 Å². The summed E-state index contributed by atoms with van der Waals surface area (Å²) in [6, 6.07) is 0. The Morgan fingerprint density at radius 2 is 2.00 bits per heavy atom. The van der Waals surface area contributed by atoms with Crippen LogP contribution in [0.2, 0.25) is 0 Å². The molecule has 0 aliphatic heterocycles. The monoisotopic (exact) mass is 274 g/mol. The lowest BCUT2D eigenvalue weighted by molar-refractivity contribution is -0.148. The Kier molecular flexibility index (Phi) is 9.83. The highest BCUT2D eigenvalue weighted by Crippen LogP contribution is 2.14. The molecule has 1 atom stereocenters. The van der Waals surface area contributed by atoms with E-state index in [0.29, 0.717) is 0 Å². The molecule has 0 spiro atoms. The molecule has 0 aromatic heterocycles. The van der Waals surface area contributed by atoms with Gasteiger partial charge in [-0.15, -0.1) is 0 Å². The van der Waals surface area contributed by atoms with Gasteiger partial charge in [0.1, 0.15) is 5.54 Å². The SMILES string of the molecule is CCOCCN(CC)CCCC(C)(NC)C(=O)OC. The Bertz CT molecular complexity index is 249. The minimum absolute atomic E-state index is 0.202. The predicted molar refractivity (Wildman–Crippen MR) is 77.3 cm³/mol. The molecule has 0 aliphatic rings. The lowest BCUT2D eigenvalue weighted by Gasteiger charge is -2.27. The van der Waals surface area contributed by atoms with Gasteiger partial charge in [-0.2, -0.15) is 0 Å². The number of nitrogens with one attached hydrogen (secondary N) is 1. The first-order valence-corrected chi connectivity index (χ1v) is 7.11. The number of carbonyl (C=O) groups excluding carboxylic acids is 1. The number of hydrogen-bond acceptors (Lipinski definition) is 5. The van der Waals surface area contributed by atoms with Gasteiger partial charge < -0.3 is 19.7 Å². The van der Waals surface area contributed by atoms with E-state index in [1.807, 2.05) is 13.8 Å². The third-order valence-electron chi connectivity index (χ3n) is 3.54. The van der Waals surface area contributed by atoms with Crippen LogP contribution >= 0.6 is 0 Å². The van der Waals surface area contributed by atoms with Gasteiger partial charge in [0.05, 0.1) is 13.7 Å². The van der Waals surface area contributed by atoms with E-state index >= 15 is 0 Å². The molecule has 0 radical (unpaired) electrons.